The minimum absolute atomic E-state index is 0.168. The zero-order valence-corrected chi connectivity index (χ0v) is 17.6. The second-order valence-corrected chi connectivity index (χ2v) is 8.85. The molecule has 1 aliphatic carbocycles. The number of carbonyl (C=O) groups excluding carboxylic acids is 1. The van der Waals surface area contributed by atoms with Crippen LogP contribution in [0.2, 0.25) is 0 Å². The minimum atomic E-state index is -0.293. The first-order valence-electron chi connectivity index (χ1n) is 9.35. The van der Waals surface area contributed by atoms with Gasteiger partial charge in [0.2, 0.25) is 11.0 Å². The summed E-state index contributed by atoms with van der Waals surface area (Å²) in [4.78, 5) is 33.6. The highest BCUT2D eigenvalue weighted by molar-refractivity contribution is 8.00. The number of aryl methyl sites for hydroxylation is 1. The molecule has 1 aliphatic rings. The van der Waals surface area contributed by atoms with Gasteiger partial charge in [0.1, 0.15) is 10.0 Å². The van der Waals surface area contributed by atoms with Gasteiger partial charge < -0.3 is 0 Å². The van der Waals surface area contributed by atoms with Crippen molar-refractivity contribution >= 4 is 34.1 Å². The lowest BCUT2D eigenvalue weighted by atomic mass is 9.97. The molecule has 0 unspecified atom stereocenters. The molecular weight excluding hydrogens is 408 g/mol. The monoisotopic (exact) mass is 428 g/mol. The van der Waals surface area contributed by atoms with E-state index in [4.69, 9.17) is 0 Å². The zero-order valence-electron chi connectivity index (χ0n) is 15.9. The van der Waals surface area contributed by atoms with Crippen molar-refractivity contribution in [1.82, 2.24) is 24.7 Å². The lowest BCUT2D eigenvalue weighted by Crippen LogP contribution is -2.31. The van der Waals surface area contributed by atoms with Crippen LogP contribution in [0.5, 0.6) is 0 Å². The molecule has 3 aromatic heterocycles. The second kappa shape index (κ2) is 8.83. The van der Waals surface area contributed by atoms with E-state index in [9.17, 15) is 9.59 Å². The number of aromatic nitrogens is 5. The molecule has 29 heavy (non-hydrogen) atoms. The minimum Gasteiger partial charge on any atom is -0.300 e. The molecule has 0 saturated heterocycles. The number of amides is 1. The number of hydrogen-bond donors (Lipinski definition) is 1. The van der Waals surface area contributed by atoms with Crippen LogP contribution in [-0.2, 0) is 24.2 Å². The molecule has 0 bridgehead atoms. The van der Waals surface area contributed by atoms with Crippen molar-refractivity contribution in [2.45, 2.75) is 44.2 Å². The van der Waals surface area contributed by atoms with Gasteiger partial charge in [0.05, 0.1) is 18.0 Å². The van der Waals surface area contributed by atoms with Crippen LogP contribution < -0.4 is 11.0 Å². The maximum absolute atomic E-state index is 12.7. The summed E-state index contributed by atoms with van der Waals surface area (Å²) in [7, 11) is 0. The summed E-state index contributed by atoms with van der Waals surface area (Å²) in [5.41, 5.74) is 2.64. The van der Waals surface area contributed by atoms with Crippen molar-refractivity contribution in [2.24, 2.45) is 0 Å². The molecule has 0 spiro atoms. The van der Waals surface area contributed by atoms with E-state index in [0.29, 0.717) is 16.7 Å². The lowest BCUT2D eigenvalue weighted by molar-refractivity contribution is -0.113. The molecule has 0 aromatic carbocycles. The molecule has 0 fully saturated rings. The van der Waals surface area contributed by atoms with Gasteiger partial charge in [-0.1, -0.05) is 29.2 Å². The van der Waals surface area contributed by atoms with Crippen molar-refractivity contribution in [3.63, 3.8) is 0 Å². The number of nitrogens with zero attached hydrogens (tertiary/aromatic N) is 5. The summed E-state index contributed by atoms with van der Waals surface area (Å²) in [5.74, 6) is -0.0166. The number of carbonyl (C=O) groups is 1. The molecule has 0 atom stereocenters. The van der Waals surface area contributed by atoms with Gasteiger partial charge in [-0.3, -0.25) is 19.7 Å². The SMILES string of the molecule is Cc1nnc(NC(=O)CSc2nc(=O)n(Cc3ccccn3)c3c2CCCC3)s1. The van der Waals surface area contributed by atoms with E-state index < -0.39 is 0 Å². The number of rotatable bonds is 6. The van der Waals surface area contributed by atoms with E-state index >= 15 is 0 Å². The first-order chi connectivity index (χ1) is 14.1. The molecular formula is C19H20N6O2S2. The summed E-state index contributed by atoms with van der Waals surface area (Å²) < 4.78 is 1.73. The van der Waals surface area contributed by atoms with Crippen LogP contribution in [0.3, 0.4) is 0 Å². The van der Waals surface area contributed by atoms with Gasteiger partial charge in [0, 0.05) is 17.5 Å². The highest BCUT2D eigenvalue weighted by Crippen LogP contribution is 2.28. The molecule has 3 aromatic rings. The van der Waals surface area contributed by atoms with Crippen molar-refractivity contribution in [1.29, 1.82) is 0 Å². The Morgan fingerprint density at radius 2 is 2.14 bits per heavy atom. The zero-order chi connectivity index (χ0) is 20.2. The predicted octanol–water partition coefficient (Wildman–Crippen LogP) is 2.46. The van der Waals surface area contributed by atoms with Crippen LogP contribution in [0.25, 0.3) is 0 Å². The molecule has 8 nitrogen and oxygen atoms in total. The number of nitrogens with one attached hydrogen (secondary N) is 1. The highest BCUT2D eigenvalue weighted by Gasteiger charge is 2.21. The Bertz CT molecular complexity index is 1080. The Morgan fingerprint density at radius 1 is 1.28 bits per heavy atom. The Balaban J connectivity index is 1.54. The van der Waals surface area contributed by atoms with E-state index in [1.807, 2.05) is 25.1 Å². The number of hydrogen-bond acceptors (Lipinski definition) is 8. The van der Waals surface area contributed by atoms with Gasteiger partial charge in [-0.25, -0.2) is 4.79 Å². The number of anilines is 1. The molecule has 10 heteroatoms. The second-order valence-electron chi connectivity index (χ2n) is 6.70. The molecule has 1 amide bonds. The Labute approximate surface area is 175 Å². The molecule has 150 valence electrons. The van der Waals surface area contributed by atoms with Crippen molar-refractivity contribution in [3.05, 3.63) is 56.8 Å². The highest BCUT2D eigenvalue weighted by atomic mass is 32.2. The van der Waals surface area contributed by atoms with Gasteiger partial charge in [-0.15, -0.1) is 10.2 Å². The standard InChI is InChI=1S/C19H20N6O2S2/c1-12-23-24-18(29-12)21-16(26)11-28-17-14-7-2-3-8-15(14)25(19(27)22-17)10-13-6-4-5-9-20-13/h4-6,9H,2-3,7-8,10-11H2,1H3,(H,21,24,26). The smallest absolute Gasteiger partial charge is 0.300 e. The normalized spacial score (nSPS) is 13.1. The quantitative estimate of drug-likeness (QED) is 0.475. The summed E-state index contributed by atoms with van der Waals surface area (Å²) >= 11 is 2.63. The first-order valence-corrected chi connectivity index (χ1v) is 11.2. The fraction of sp³-hybridized carbons (Fsp3) is 0.368. The molecule has 0 aliphatic heterocycles. The van der Waals surface area contributed by atoms with E-state index in [1.165, 1.54) is 23.1 Å². The Kier molecular flexibility index (Phi) is 6.00. The molecule has 3 heterocycles. The van der Waals surface area contributed by atoms with Crippen LogP contribution in [0, 0.1) is 6.92 Å². The van der Waals surface area contributed by atoms with Crippen molar-refractivity contribution in [2.75, 3.05) is 11.1 Å². The van der Waals surface area contributed by atoms with Gasteiger partial charge >= 0.3 is 5.69 Å². The summed E-state index contributed by atoms with van der Waals surface area (Å²) in [6, 6.07) is 5.67. The third-order valence-electron chi connectivity index (χ3n) is 4.61. The van der Waals surface area contributed by atoms with E-state index in [0.717, 1.165) is 47.6 Å². The van der Waals surface area contributed by atoms with E-state index in [-0.39, 0.29) is 17.3 Å². The first kappa shape index (κ1) is 19.7. The number of pyridine rings is 1. The third-order valence-corrected chi connectivity index (χ3v) is 6.38. The van der Waals surface area contributed by atoms with Gasteiger partial charge in [-0.05, 0) is 44.7 Å². The fourth-order valence-corrected chi connectivity index (χ4v) is 4.80. The van der Waals surface area contributed by atoms with Crippen molar-refractivity contribution < 1.29 is 4.79 Å². The average Bonchev–Trinajstić information content (AvgIpc) is 3.14. The maximum atomic E-state index is 12.7. The van der Waals surface area contributed by atoms with Crippen LogP contribution >= 0.6 is 23.1 Å². The van der Waals surface area contributed by atoms with E-state index in [1.54, 1.807) is 10.8 Å². The predicted molar refractivity (Wildman–Crippen MR) is 112 cm³/mol. The Morgan fingerprint density at radius 3 is 2.90 bits per heavy atom. The number of thioether (sulfide) groups is 1. The molecule has 0 saturated carbocycles. The Hall–Kier alpha value is -2.59. The molecule has 0 radical (unpaired) electrons. The third kappa shape index (κ3) is 4.70. The van der Waals surface area contributed by atoms with E-state index in [2.05, 4.69) is 25.5 Å². The van der Waals surface area contributed by atoms with Crippen LogP contribution in [0.1, 0.15) is 34.8 Å². The summed E-state index contributed by atoms with van der Waals surface area (Å²) in [6.45, 7) is 2.25. The van der Waals surface area contributed by atoms with Gasteiger partial charge in [0.25, 0.3) is 0 Å². The van der Waals surface area contributed by atoms with Crippen molar-refractivity contribution in [3.8, 4) is 0 Å². The number of fused-ring (bicyclic) bond motifs is 1. The molecule has 4 rings (SSSR count). The summed E-state index contributed by atoms with van der Waals surface area (Å²) in [5, 5.41) is 12.5. The van der Waals surface area contributed by atoms with Gasteiger partial charge in [-0.2, -0.15) is 4.98 Å². The fourth-order valence-electron chi connectivity index (χ4n) is 3.32. The van der Waals surface area contributed by atoms with Gasteiger partial charge in [0.15, 0.2) is 0 Å². The average molecular weight is 429 g/mol. The lowest BCUT2D eigenvalue weighted by Gasteiger charge is -2.22. The van der Waals surface area contributed by atoms with Crippen LogP contribution in [0.4, 0.5) is 5.13 Å². The van der Waals surface area contributed by atoms with Crippen LogP contribution in [-0.4, -0.2) is 36.4 Å². The topological polar surface area (TPSA) is 103 Å². The maximum Gasteiger partial charge on any atom is 0.349 e. The largest absolute Gasteiger partial charge is 0.349 e. The molecule has 1 N–H and O–H groups in total. The van der Waals surface area contributed by atoms with Crippen LogP contribution in [0.15, 0.2) is 34.2 Å². The summed E-state index contributed by atoms with van der Waals surface area (Å²) in [6.07, 6.45) is 5.52.